The van der Waals surface area contributed by atoms with E-state index in [1.807, 2.05) is 24.3 Å². The van der Waals surface area contributed by atoms with Gasteiger partial charge in [0.25, 0.3) is 0 Å². The van der Waals surface area contributed by atoms with Gasteiger partial charge in [0.15, 0.2) is 12.6 Å². The predicted octanol–water partition coefficient (Wildman–Crippen LogP) is 3.19. The van der Waals surface area contributed by atoms with Crippen molar-refractivity contribution in [3.63, 3.8) is 0 Å². The van der Waals surface area contributed by atoms with Crippen LogP contribution in [-0.4, -0.2) is 41.0 Å². The summed E-state index contributed by atoms with van der Waals surface area (Å²) >= 11 is 0. The molecule has 2 aromatic rings. The van der Waals surface area contributed by atoms with Crippen molar-refractivity contribution in [3.8, 4) is 11.1 Å². The maximum Gasteiger partial charge on any atom is 0.175 e. The fourth-order valence-electron chi connectivity index (χ4n) is 3.86. The molecule has 0 atom stereocenters. The van der Waals surface area contributed by atoms with Crippen molar-refractivity contribution in [1.29, 1.82) is 0 Å². The van der Waals surface area contributed by atoms with Gasteiger partial charge < -0.3 is 18.9 Å². The normalized spacial score (nSPS) is 15.0. The summed E-state index contributed by atoms with van der Waals surface area (Å²) in [5.74, 6) is 0. The Morgan fingerprint density at radius 2 is 0.957 bits per heavy atom. The summed E-state index contributed by atoms with van der Waals surface area (Å²) in [7, 11) is 6.56. The first-order valence-corrected chi connectivity index (χ1v) is 7.56. The van der Waals surface area contributed by atoms with Crippen LogP contribution in [0.15, 0.2) is 48.5 Å². The molecular weight excluding hydrogens is 292 g/mol. The maximum atomic E-state index is 5.70. The van der Waals surface area contributed by atoms with Gasteiger partial charge in [-0.1, -0.05) is 48.5 Å². The van der Waals surface area contributed by atoms with Crippen LogP contribution in [0.1, 0.15) is 11.1 Å². The van der Waals surface area contributed by atoms with Gasteiger partial charge in [0.05, 0.1) is 0 Å². The number of hydrogen-bond acceptors (Lipinski definition) is 4. The number of fused-ring (bicyclic) bond motifs is 3. The Bertz CT molecular complexity index is 615. The molecule has 4 heteroatoms. The molecule has 23 heavy (non-hydrogen) atoms. The molecule has 0 bridgehead atoms. The van der Waals surface area contributed by atoms with E-state index in [9.17, 15) is 0 Å². The summed E-state index contributed by atoms with van der Waals surface area (Å²) in [6.45, 7) is 0. The molecule has 122 valence electrons. The zero-order chi connectivity index (χ0) is 16.4. The molecule has 2 aromatic carbocycles. The van der Waals surface area contributed by atoms with Crippen molar-refractivity contribution in [3.05, 3.63) is 59.7 Å². The Balaban J connectivity index is 2.38. The lowest BCUT2D eigenvalue weighted by molar-refractivity contribution is -0.224. The number of ether oxygens (including phenoxy) is 4. The van der Waals surface area contributed by atoms with E-state index in [2.05, 4.69) is 24.3 Å². The molecule has 0 unspecified atom stereocenters. The smallest absolute Gasteiger partial charge is 0.175 e. The highest BCUT2D eigenvalue weighted by molar-refractivity contribution is 5.81. The highest BCUT2D eigenvalue weighted by atomic mass is 16.7. The van der Waals surface area contributed by atoms with Crippen LogP contribution in [0.2, 0.25) is 0 Å². The van der Waals surface area contributed by atoms with Gasteiger partial charge in [0.1, 0.15) is 5.41 Å². The molecule has 0 saturated carbocycles. The van der Waals surface area contributed by atoms with Crippen LogP contribution < -0.4 is 0 Å². The van der Waals surface area contributed by atoms with Crippen LogP contribution in [0.5, 0.6) is 0 Å². The fraction of sp³-hybridized carbons (Fsp3) is 0.368. The van der Waals surface area contributed by atoms with Crippen molar-refractivity contribution in [2.24, 2.45) is 0 Å². The van der Waals surface area contributed by atoms with Gasteiger partial charge in [-0.05, 0) is 22.3 Å². The third-order valence-corrected chi connectivity index (χ3v) is 4.64. The van der Waals surface area contributed by atoms with E-state index in [0.717, 1.165) is 22.3 Å². The lowest BCUT2D eigenvalue weighted by Crippen LogP contribution is -2.52. The summed E-state index contributed by atoms with van der Waals surface area (Å²) in [5.41, 5.74) is 3.79. The Hall–Kier alpha value is -1.72. The fourth-order valence-corrected chi connectivity index (χ4v) is 3.86. The molecule has 0 spiro atoms. The third-order valence-electron chi connectivity index (χ3n) is 4.64. The van der Waals surface area contributed by atoms with Crippen LogP contribution in [0.25, 0.3) is 11.1 Å². The molecule has 0 aliphatic heterocycles. The molecule has 0 fully saturated rings. The zero-order valence-electron chi connectivity index (χ0n) is 13.9. The van der Waals surface area contributed by atoms with Gasteiger partial charge >= 0.3 is 0 Å². The Labute approximate surface area is 136 Å². The van der Waals surface area contributed by atoms with Crippen LogP contribution in [0.3, 0.4) is 0 Å². The monoisotopic (exact) mass is 314 g/mol. The molecule has 4 nitrogen and oxygen atoms in total. The van der Waals surface area contributed by atoms with E-state index in [-0.39, 0.29) is 0 Å². The molecule has 0 heterocycles. The maximum absolute atomic E-state index is 5.70. The minimum atomic E-state index is -0.694. The molecule has 0 aromatic heterocycles. The van der Waals surface area contributed by atoms with Gasteiger partial charge in [-0.2, -0.15) is 0 Å². The number of hydrogen-bond donors (Lipinski definition) is 0. The van der Waals surface area contributed by atoms with E-state index < -0.39 is 18.0 Å². The highest BCUT2D eigenvalue weighted by Gasteiger charge is 2.56. The van der Waals surface area contributed by atoms with E-state index in [0.29, 0.717) is 0 Å². The van der Waals surface area contributed by atoms with Crippen molar-refractivity contribution in [2.45, 2.75) is 18.0 Å². The van der Waals surface area contributed by atoms with E-state index in [4.69, 9.17) is 18.9 Å². The molecule has 1 aliphatic rings. The summed E-state index contributed by atoms with van der Waals surface area (Å²) in [6.07, 6.45) is -1.09. The minimum Gasteiger partial charge on any atom is -0.354 e. The first-order valence-electron chi connectivity index (χ1n) is 7.56. The van der Waals surface area contributed by atoms with Gasteiger partial charge in [-0.25, -0.2) is 0 Å². The lowest BCUT2D eigenvalue weighted by atomic mass is 9.76. The average Bonchev–Trinajstić information content (AvgIpc) is 2.90. The van der Waals surface area contributed by atoms with Gasteiger partial charge in [-0.15, -0.1) is 0 Å². The summed E-state index contributed by atoms with van der Waals surface area (Å²) in [4.78, 5) is 0. The van der Waals surface area contributed by atoms with E-state index in [1.165, 1.54) is 0 Å². The minimum absolute atomic E-state index is 0.544. The molecule has 0 saturated heterocycles. The van der Waals surface area contributed by atoms with Crippen LogP contribution in [-0.2, 0) is 24.4 Å². The summed E-state index contributed by atoms with van der Waals surface area (Å²) in [6, 6.07) is 16.5. The van der Waals surface area contributed by atoms with Crippen molar-refractivity contribution < 1.29 is 18.9 Å². The third kappa shape index (κ3) is 2.14. The van der Waals surface area contributed by atoms with E-state index in [1.54, 1.807) is 28.4 Å². The quantitative estimate of drug-likeness (QED) is 0.767. The van der Waals surface area contributed by atoms with Crippen LogP contribution in [0.4, 0.5) is 0 Å². The van der Waals surface area contributed by atoms with Crippen molar-refractivity contribution >= 4 is 0 Å². The number of methoxy groups -OCH3 is 4. The number of rotatable bonds is 6. The first-order chi connectivity index (χ1) is 11.2. The topological polar surface area (TPSA) is 36.9 Å². The van der Waals surface area contributed by atoms with Gasteiger partial charge in [-0.3, -0.25) is 0 Å². The van der Waals surface area contributed by atoms with Crippen molar-refractivity contribution in [2.75, 3.05) is 28.4 Å². The second-order valence-corrected chi connectivity index (χ2v) is 5.57. The largest absolute Gasteiger partial charge is 0.354 e. The molecule has 1 aliphatic carbocycles. The van der Waals surface area contributed by atoms with Crippen LogP contribution in [0, 0.1) is 0 Å². The first kappa shape index (κ1) is 16.1. The predicted molar refractivity (Wildman–Crippen MR) is 88.3 cm³/mol. The Kier molecular flexibility index (Phi) is 4.50. The Morgan fingerprint density at radius 1 is 0.609 bits per heavy atom. The van der Waals surface area contributed by atoms with Crippen LogP contribution >= 0.6 is 0 Å². The highest BCUT2D eigenvalue weighted by Crippen LogP contribution is 2.54. The summed E-state index contributed by atoms with van der Waals surface area (Å²) in [5, 5.41) is 0. The molecule has 0 radical (unpaired) electrons. The zero-order valence-corrected chi connectivity index (χ0v) is 13.9. The molecule has 0 N–H and O–H groups in total. The van der Waals surface area contributed by atoms with Gasteiger partial charge in [0.2, 0.25) is 0 Å². The summed E-state index contributed by atoms with van der Waals surface area (Å²) < 4.78 is 22.8. The number of benzene rings is 2. The lowest BCUT2D eigenvalue weighted by Gasteiger charge is -2.41. The second-order valence-electron chi connectivity index (χ2n) is 5.57. The second kappa shape index (κ2) is 6.42. The average molecular weight is 314 g/mol. The Morgan fingerprint density at radius 3 is 1.30 bits per heavy atom. The van der Waals surface area contributed by atoms with Crippen molar-refractivity contribution in [1.82, 2.24) is 0 Å². The molecular formula is C19H22O4. The molecule has 0 amide bonds. The van der Waals surface area contributed by atoms with Gasteiger partial charge in [0, 0.05) is 28.4 Å². The van der Waals surface area contributed by atoms with E-state index >= 15 is 0 Å². The standard InChI is InChI=1S/C19H22O4/c1-20-17(21-2)19(18(22-3)23-4)15-11-7-5-9-13(15)14-10-6-8-12-16(14)19/h5-12,17-18H,1-4H3. The molecule has 3 rings (SSSR count). The SMILES string of the molecule is COC(OC)C1(C(OC)OC)c2ccccc2-c2ccccc21.